The van der Waals surface area contributed by atoms with Gasteiger partial charge in [0.1, 0.15) is 18.0 Å². The van der Waals surface area contributed by atoms with Gasteiger partial charge in [-0.25, -0.2) is 9.97 Å². The summed E-state index contributed by atoms with van der Waals surface area (Å²) in [5.41, 5.74) is 0. The van der Waals surface area contributed by atoms with Crippen LogP contribution in [-0.2, 0) is 0 Å². The van der Waals surface area contributed by atoms with Crippen molar-refractivity contribution in [2.45, 2.75) is 32.2 Å². The number of nitrogens with zero attached hydrogens (tertiary/aromatic N) is 2. The Hall–Kier alpha value is -1.36. The molecule has 0 bridgehead atoms. The highest BCUT2D eigenvalue weighted by molar-refractivity contribution is 5.47. The standard InChI is InChI=1S/C12H21N5/c1-2-3-4-5-14-11-6-12(16-9-15-11)17-10-7-13-8-10/h6,9-10,13H,2-5,7-8H2,1H3,(H2,14,15,16,17). The Labute approximate surface area is 102 Å². The molecule has 0 atom stereocenters. The van der Waals surface area contributed by atoms with Crippen molar-refractivity contribution in [1.29, 1.82) is 0 Å². The molecule has 1 aromatic heterocycles. The average Bonchev–Trinajstić information content (AvgIpc) is 2.30. The van der Waals surface area contributed by atoms with Crippen molar-refractivity contribution in [2.24, 2.45) is 0 Å². The summed E-state index contributed by atoms with van der Waals surface area (Å²) in [6.45, 7) is 5.22. The van der Waals surface area contributed by atoms with E-state index in [9.17, 15) is 0 Å². The Kier molecular flexibility index (Phi) is 4.55. The van der Waals surface area contributed by atoms with E-state index >= 15 is 0 Å². The van der Waals surface area contributed by atoms with Crippen molar-refractivity contribution in [3.8, 4) is 0 Å². The highest BCUT2D eigenvalue weighted by atomic mass is 15.1. The second-order valence-corrected chi connectivity index (χ2v) is 4.42. The van der Waals surface area contributed by atoms with Gasteiger partial charge < -0.3 is 16.0 Å². The number of nitrogens with one attached hydrogen (secondary N) is 3. The molecule has 3 N–H and O–H groups in total. The van der Waals surface area contributed by atoms with E-state index in [4.69, 9.17) is 0 Å². The lowest BCUT2D eigenvalue weighted by molar-refractivity contribution is 0.471. The van der Waals surface area contributed by atoms with Crippen molar-refractivity contribution < 1.29 is 0 Å². The van der Waals surface area contributed by atoms with Crippen LogP contribution in [0.3, 0.4) is 0 Å². The van der Waals surface area contributed by atoms with Crippen LogP contribution in [0.1, 0.15) is 26.2 Å². The van der Waals surface area contributed by atoms with Crippen LogP contribution in [0.5, 0.6) is 0 Å². The van der Waals surface area contributed by atoms with Gasteiger partial charge >= 0.3 is 0 Å². The topological polar surface area (TPSA) is 61.9 Å². The smallest absolute Gasteiger partial charge is 0.131 e. The molecule has 1 aliphatic heterocycles. The normalized spacial score (nSPS) is 15.4. The van der Waals surface area contributed by atoms with Gasteiger partial charge in [-0.2, -0.15) is 0 Å². The zero-order valence-corrected chi connectivity index (χ0v) is 10.4. The van der Waals surface area contributed by atoms with Gasteiger partial charge in [0.05, 0.1) is 6.04 Å². The molecular weight excluding hydrogens is 214 g/mol. The Morgan fingerprint density at radius 2 is 2.12 bits per heavy atom. The van der Waals surface area contributed by atoms with Crippen LogP contribution in [0.15, 0.2) is 12.4 Å². The first kappa shape index (κ1) is 12.1. The lowest BCUT2D eigenvalue weighted by Crippen LogP contribution is -2.51. The number of anilines is 2. The maximum absolute atomic E-state index is 4.22. The minimum absolute atomic E-state index is 0.512. The number of hydrogen-bond donors (Lipinski definition) is 3. The molecule has 0 unspecified atom stereocenters. The van der Waals surface area contributed by atoms with Crippen LogP contribution >= 0.6 is 0 Å². The minimum atomic E-state index is 0.512. The fourth-order valence-corrected chi connectivity index (χ4v) is 1.72. The zero-order chi connectivity index (χ0) is 11.9. The van der Waals surface area contributed by atoms with E-state index in [1.54, 1.807) is 6.33 Å². The van der Waals surface area contributed by atoms with Crippen LogP contribution < -0.4 is 16.0 Å². The van der Waals surface area contributed by atoms with Crippen molar-refractivity contribution in [2.75, 3.05) is 30.3 Å². The van der Waals surface area contributed by atoms with E-state index in [0.29, 0.717) is 6.04 Å². The predicted octanol–water partition coefficient (Wildman–Crippen LogP) is 1.46. The van der Waals surface area contributed by atoms with E-state index in [-0.39, 0.29) is 0 Å². The SMILES string of the molecule is CCCCCNc1cc(NC2CNC2)ncn1. The lowest BCUT2D eigenvalue weighted by atomic mass is 10.2. The molecule has 5 nitrogen and oxygen atoms in total. The molecule has 0 aromatic carbocycles. The molecule has 0 radical (unpaired) electrons. The Morgan fingerprint density at radius 3 is 2.82 bits per heavy atom. The number of aromatic nitrogens is 2. The molecule has 1 aliphatic rings. The van der Waals surface area contributed by atoms with Crippen molar-refractivity contribution in [3.63, 3.8) is 0 Å². The van der Waals surface area contributed by atoms with Gasteiger partial charge in [-0.1, -0.05) is 19.8 Å². The van der Waals surface area contributed by atoms with E-state index in [2.05, 4.69) is 32.8 Å². The third-order valence-corrected chi connectivity index (χ3v) is 2.89. The summed E-state index contributed by atoms with van der Waals surface area (Å²) in [6, 6.07) is 2.49. The molecule has 0 spiro atoms. The monoisotopic (exact) mass is 235 g/mol. The predicted molar refractivity (Wildman–Crippen MR) is 70.3 cm³/mol. The first-order chi connectivity index (χ1) is 8.38. The molecule has 5 heteroatoms. The second kappa shape index (κ2) is 6.39. The Bertz CT molecular complexity index is 337. The summed E-state index contributed by atoms with van der Waals surface area (Å²) in [6.07, 6.45) is 5.30. The largest absolute Gasteiger partial charge is 0.370 e. The minimum Gasteiger partial charge on any atom is -0.370 e. The fraction of sp³-hybridized carbons (Fsp3) is 0.667. The van der Waals surface area contributed by atoms with Crippen molar-refractivity contribution >= 4 is 11.6 Å². The molecule has 1 aromatic rings. The highest BCUT2D eigenvalue weighted by Crippen LogP contribution is 2.11. The maximum atomic E-state index is 4.22. The molecule has 17 heavy (non-hydrogen) atoms. The van der Waals surface area contributed by atoms with Gasteiger partial charge in [-0.15, -0.1) is 0 Å². The van der Waals surface area contributed by atoms with Crippen LogP contribution in [0.25, 0.3) is 0 Å². The molecule has 1 saturated heterocycles. The highest BCUT2D eigenvalue weighted by Gasteiger charge is 2.16. The summed E-state index contributed by atoms with van der Waals surface area (Å²) in [4.78, 5) is 8.43. The maximum Gasteiger partial charge on any atom is 0.131 e. The number of unbranched alkanes of at least 4 members (excludes halogenated alkanes) is 2. The third-order valence-electron chi connectivity index (χ3n) is 2.89. The van der Waals surface area contributed by atoms with Crippen LogP contribution in [0, 0.1) is 0 Å². The van der Waals surface area contributed by atoms with Crippen molar-refractivity contribution in [3.05, 3.63) is 12.4 Å². The van der Waals surface area contributed by atoms with Gasteiger partial charge in [0.25, 0.3) is 0 Å². The zero-order valence-electron chi connectivity index (χ0n) is 10.4. The number of rotatable bonds is 7. The third kappa shape index (κ3) is 3.85. The molecule has 0 saturated carbocycles. The molecular formula is C12H21N5. The lowest BCUT2D eigenvalue weighted by Gasteiger charge is -2.28. The summed E-state index contributed by atoms with van der Waals surface area (Å²) >= 11 is 0. The quantitative estimate of drug-likeness (QED) is 0.625. The first-order valence-corrected chi connectivity index (χ1v) is 6.41. The van der Waals surface area contributed by atoms with Gasteiger partial charge in [-0.3, -0.25) is 0 Å². The molecule has 0 aliphatic carbocycles. The van der Waals surface area contributed by atoms with Crippen LogP contribution in [0.4, 0.5) is 11.6 Å². The Balaban J connectivity index is 1.78. The molecule has 94 valence electrons. The molecule has 0 amide bonds. The van der Waals surface area contributed by atoms with E-state index in [0.717, 1.165) is 31.3 Å². The van der Waals surface area contributed by atoms with E-state index in [1.165, 1.54) is 19.3 Å². The number of hydrogen-bond acceptors (Lipinski definition) is 5. The summed E-state index contributed by atoms with van der Waals surface area (Å²) in [5.74, 6) is 1.82. The van der Waals surface area contributed by atoms with E-state index < -0.39 is 0 Å². The molecule has 2 rings (SSSR count). The van der Waals surface area contributed by atoms with Gasteiger partial charge in [0.2, 0.25) is 0 Å². The molecule has 2 heterocycles. The fourth-order valence-electron chi connectivity index (χ4n) is 1.72. The first-order valence-electron chi connectivity index (χ1n) is 6.41. The summed E-state index contributed by atoms with van der Waals surface area (Å²) in [7, 11) is 0. The van der Waals surface area contributed by atoms with Gasteiger partial charge in [0, 0.05) is 25.7 Å². The van der Waals surface area contributed by atoms with Gasteiger partial charge in [0.15, 0.2) is 0 Å². The van der Waals surface area contributed by atoms with Crippen molar-refractivity contribution in [1.82, 2.24) is 15.3 Å². The average molecular weight is 235 g/mol. The Morgan fingerprint density at radius 1 is 1.29 bits per heavy atom. The van der Waals surface area contributed by atoms with Gasteiger partial charge in [-0.05, 0) is 6.42 Å². The summed E-state index contributed by atoms with van der Waals surface area (Å²) in [5, 5.41) is 9.91. The molecule has 1 fully saturated rings. The summed E-state index contributed by atoms with van der Waals surface area (Å²) < 4.78 is 0. The second-order valence-electron chi connectivity index (χ2n) is 4.42. The van der Waals surface area contributed by atoms with E-state index in [1.807, 2.05) is 6.07 Å². The van der Waals surface area contributed by atoms with Crippen LogP contribution in [-0.4, -0.2) is 35.6 Å². The van der Waals surface area contributed by atoms with Crippen LogP contribution in [0.2, 0.25) is 0 Å².